The maximum absolute atomic E-state index is 12.5. The van der Waals surface area contributed by atoms with Gasteiger partial charge in [0.05, 0.1) is 11.7 Å². The third kappa shape index (κ3) is 5.86. The van der Waals surface area contributed by atoms with Crippen LogP contribution in [0.15, 0.2) is 36.5 Å². The molecule has 0 unspecified atom stereocenters. The van der Waals surface area contributed by atoms with E-state index in [1.165, 1.54) is 0 Å². The summed E-state index contributed by atoms with van der Waals surface area (Å²) >= 11 is 0. The number of fused-ring (bicyclic) bond motifs is 3. The lowest BCUT2D eigenvalue weighted by atomic mass is 9.91. The molecule has 0 bridgehead atoms. The Bertz CT molecular complexity index is 1660. The fourth-order valence-electron chi connectivity index (χ4n) is 6.15. The van der Waals surface area contributed by atoms with Crippen LogP contribution in [-0.4, -0.2) is 80.4 Å². The molecular formula is C32H39N7O5. The lowest BCUT2D eigenvalue weighted by Gasteiger charge is -2.35. The number of amides is 1. The minimum Gasteiger partial charge on any atom is -0.493 e. The molecule has 4 aromatic rings. The van der Waals surface area contributed by atoms with Gasteiger partial charge in [-0.1, -0.05) is 12.1 Å². The number of hydrogen-bond donors (Lipinski definition) is 2. The number of carbonyl (C=O) groups is 1. The number of likely N-dealkylation sites (tertiary alicyclic amines) is 1. The third-order valence-corrected chi connectivity index (χ3v) is 8.29. The molecule has 0 spiro atoms. The number of nitrogens with one attached hydrogen (secondary N) is 1. The molecule has 0 radical (unpaired) electrons. The van der Waals surface area contributed by atoms with E-state index in [0.29, 0.717) is 55.4 Å². The van der Waals surface area contributed by atoms with E-state index in [0.717, 1.165) is 34.3 Å². The van der Waals surface area contributed by atoms with Crippen LogP contribution in [0.3, 0.4) is 0 Å². The maximum Gasteiger partial charge on any atom is 0.410 e. The SMILES string of the molecule is COCOc1ccccc1-c1cc2c3c([nH]c2nn1)CCN(c1ncc(C2CCN(C(=O)OC(C)(C)C)CC2)c(O)n1)[C@@H]3C. The van der Waals surface area contributed by atoms with E-state index in [-0.39, 0.29) is 30.7 Å². The zero-order valence-corrected chi connectivity index (χ0v) is 25.8. The summed E-state index contributed by atoms with van der Waals surface area (Å²) in [6, 6.07) is 9.65. The monoisotopic (exact) mass is 601 g/mol. The van der Waals surface area contributed by atoms with E-state index < -0.39 is 5.60 Å². The molecule has 1 saturated heterocycles. The number of benzene rings is 1. The number of aromatic hydroxyl groups is 1. The average Bonchev–Trinajstić information content (AvgIpc) is 3.38. The predicted molar refractivity (Wildman–Crippen MR) is 165 cm³/mol. The Morgan fingerprint density at radius 1 is 1.14 bits per heavy atom. The van der Waals surface area contributed by atoms with Crippen LogP contribution in [0.25, 0.3) is 22.3 Å². The molecule has 1 fully saturated rings. The molecule has 12 heteroatoms. The number of H-pyrrole nitrogens is 1. The molecule has 0 saturated carbocycles. The van der Waals surface area contributed by atoms with Crippen molar-refractivity contribution in [2.45, 2.75) is 64.5 Å². The van der Waals surface area contributed by atoms with Crippen molar-refractivity contribution in [2.24, 2.45) is 0 Å². The van der Waals surface area contributed by atoms with Crippen molar-refractivity contribution in [3.05, 3.63) is 53.3 Å². The van der Waals surface area contributed by atoms with Crippen LogP contribution in [0.2, 0.25) is 0 Å². The van der Waals surface area contributed by atoms with E-state index in [4.69, 9.17) is 19.2 Å². The highest BCUT2D eigenvalue weighted by Gasteiger charge is 2.32. The van der Waals surface area contributed by atoms with Crippen molar-refractivity contribution in [1.29, 1.82) is 0 Å². The summed E-state index contributed by atoms with van der Waals surface area (Å²) < 4.78 is 16.4. The second-order valence-electron chi connectivity index (χ2n) is 12.4. The number of piperidine rings is 1. The van der Waals surface area contributed by atoms with E-state index >= 15 is 0 Å². The second-order valence-corrected chi connectivity index (χ2v) is 12.4. The minimum atomic E-state index is -0.533. The molecule has 2 aliphatic rings. The zero-order valence-electron chi connectivity index (χ0n) is 25.8. The van der Waals surface area contributed by atoms with Gasteiger partial charge in [0.2, 0.25) is 11.8 Å². The van der Waals surface area contributed by atoms with Crippen LogP contribution in [0.5, 0.6) is 11.6 Å². The Morgan fingerprint density at radius 2 is 1.91 bits per heavy atom. The number of aromatic amines is 1. The van der Waals surface area contributed by atoms with Crippen LogP contribution in [0.4, 0.5) is 10.7 Å². The molecule has 232 valence electrons. The van der Waals surface area contributed by atoms with E-state index in [1.54, 1.807) is 18.2 Å². The molecule has 0 aliphatic carbocycles. The van der Waals surface area contributed by atoms with Crippen molar-refractivity contribution >= 4 is 23.1 Å². The minimum absolute atomic E-state index is 0.0107. The quantitative estimate of drug-likeness (QED) is 0.278. The summed E-state index contributed by atoms with van der Waals surface area (Å²) in [7, 11) is 1.59. The Kier molecular flexibility index (Phi) is 8.02. The van der Waals surface area contributed by atoms with Crippen molar-refractivity contribution in [3.63, 3.8) is 0 Å². The van der Waals surface area contributed by atoms with Crippen LogP contribution in [0, 0.1) is 0 Å². The van der Waals surface area contributed by atoms with Gasteiger partial charge in [-0.2, -0.15) is 4.98 Å². The fraction of sp³-hybridized carbons (Fsp3) is 0.469. The average molecular weight is 602 g/mol. The number of methoxy groups -OCH3 is 1. The first-order valence-corrected chi connectivity index (χ1v) is 15.0. The third-order valence-electron chi connectivity index (χ3n) is 8.29. The second kappa shape index (κ2) is 11.9. The molecule has 12 nitrogen and oxygen atoms in total. The fourth-order valence-corrected chi connectivity index (χ4v) is 6.15. The summed E-state index contributed by atoms with van der Waals surface area (Å²) in [6.07, 6.45) is 3.59. The number of aromatic nitrogens is 5. The number of rotatable bonds is 6. The lowest BCUT2D eigenvalue weighted by Crippen LogP contribution is -2.41. The number of para-hydroxylation sites is 1. The molecule has 2 aliphatic heterocycles. The molecule has 2 N–H and O–H groups in total. The molecule has 3 aromatic heterocycles. The van der Waals surface area contributed by atoms with E-state index in [9.17, 15) is 9.90 Å². The number of anilines is 1. The van der Waals surface area contributed by atoms with Gasteiger partial charge in [0.25, 0.3) is 0 Å². The van der Waals surface area contributed by atoms with E-state index in [1.807, 2.05) is 51.1 Å². The van der Waals surface area contributed by atoms with Crippen LogP contribution >= 0.6 is 0 Å². The first-order chi connectivity index (χ1) is 21.1. The van der Waals surface area contributed by atoms with Gasteiger partial charge in [0, 0.05) is 67.1 Å². The zero-order chi connectivity index (χ0) is 31.0. The van der Waals surface area contributed by atoms with Crippen LogP contribution in [-0.2, 0) is 15.9 Å². The van der Waals surface area contributed by atoms with Gasteiger partial charge in [0.1, 0.15) is 11.4 Å². The first-order valence-electron chi connectivity index (χ1n) is 15.0. The topological polar surface area (TPSA) is 139 Å². The Balaban J connectivity index is 1.21. The highest BCUT2D eigenvalue weighted by atomic mass is 16.7. The standard InChI is InChI=1S/C32H39N7O5/c1-19-27-22-16-25(21-8-6-7-9-26(21)43-18-42-5)36-37-28(22)34-24(27)12-15-39(19)30-33-17-23(29(40)35-30)20-10-13-38(14-11-20)31(41)44-32(2,3)4/h6-9,16-17,19-20H,10-15,18H2,1-5H3,(H,34,37)(H,33,35,40)/t19-/m1/s1. The van der Waals surface area contributed by atoms with Gasteiger partial charge in [-0.05, 0) is 64.7 Å². The molecule has 1 atom stereocenters. The van der Waals surface area contributed by atoms with Gasteiger partial charge in [0.15, 0.2) is 12.4 Å². The summed E-state index contributed by atoms with van der Waals surface area (Å²) in [5.41, 5.74) is 4.65. The number of carbonyl (C=O) groups excluding carboxylic acids is 1. The summed E-state index contributed by atoms with van der Waals surface area (Å²) in [5.74, 6) is 1.20. The molecule has 1 amide bonds. The normalized spacial score (nSPS) is 17.5. The number of ether oxygens (including phenoxy) is 3. The van der Waals surface area contributed by atoms with Crippen molar-refractivity contribution < 1.29 is 24.1 Å². The Morgan fingerprint density at radius 3 is 2.64 bits per heavy atom. The highest BCUT2D eigenvalue weighted by Crippen LogP contribution is 2.40. The van der Waals surface area contributed by atoms with Gasteiger partial charge >= 0.3 is 6.09 Å². The van der Waals surface area contributed by atoms with Gasteiger partial charge in [-0.3, -0.25) is 0 Å². The van der Waals surface area contributed by atoms with Crippen molar-refractivity contribution in [1.82, 2.24) is 30.0 Å². The number of hydrogen-bond acceptors (Lipinski definition) is 10. The lowest BCUT2D eigenvalue weighted by molar-refractivity contribution is 0.0204. The first kappa shape index (κ1) is 29.6. The highest BCUT2D eigenvalue weighted by molar-refractivity contribution is 5.86. The van der Waals surface area contributed by atoms with Crippen LogP contribution in [0.1, 0.15) is 69.3 Å². The van der Waals surface area contributed by atoms with Crippen molar-refractivity contribution in [2.75, 3.05) is 38.4 Å². The Hall–Kier alpha value is -4.45. The van der Waals surface area contributed by atoms with Gasteiger partial charge in [-0.25, -0.2) is 9.78 Å². The number of nitrogens with zero attached hydrogens (tertiary/aromatic N) is 6. The molecule has 1 aromatic carbocycles. The predicted octanol–water partition coefficient (Wildman–Crippen LogP) is 5.34. The molecule has 5 heterocycles. The molecular weight excluding hydrogens is 562 g/mol. The summed E-state index contributed by atoms with van der Waals surface area (Å²) in [4.78, 5) is 29.0. The Labute approximate surface area is 256 Å². The van der Waals surface area contributed by atoms with Crippen LogP contribution < -0.4 is 9.64 Å². The molecule has 6 rings (SSSR count). The van der Waals surface area contributed by atoms with Gasteiger partial charge < -0.3 is 34.1 Å². The molecule has 44 heavy (non-hydrogen) atoms. The maximum atomic E-state index is 12.5. The van der Waals surface area contributed by atoms with Crippen molar-refractivity contribution in [3.8, 4) is 22.9 Å². The largest absolute Gasteiger partial charge is 0.493 e. The summed E-state index contributed by atoms with van der Waals surface area (Å²) in [6.45, 7) is 9.63. The smallest absolute Gasteiger partial charge is 0.410 e. The van der Waals surface area contributed by atoms with E-state index in [2.05, 4.69) is 32.0 Å². The van der Waals surface area contributed by atoms with Gasteiger partial charge in [-0.15, -0.1) is 10.2 Å². The summed E-state index contributed by atoms with van der Waals surface area (Å²) in [5, 5.41) is 21.0.